The van der Waals surface area contributed by atoms with E-state index in [1.54, 1.807) is 24.3 Å². The number of rotatable bonds is 5. The average molecular weight is 351 g/mol. The lowest BCUT2D eigenvalue weighted by molar-refractivity contribution is -0.142. The third-order valence-corrected chi connectivity index (χ3v) is 3.93. The van der Waals surface area contributed by atoms with Gasteiger partial charge in [0.25, 0.3) is 5.91 Å². The van der Waals surface area contributed by atoms with Gasteiger partial charge in [-0.05, 0) is 17.7 Å². The van der Waals surface area contributed by atoms with Gasteiger partial charge in [0.05, 0.1) is 12.5 Å². The lowest BCUT2D eigenvalue weighted by Gasteiger charge is -2.16. The summed E-state index contributed by atoms with van der Waals surface area (Å²) >= 11 is 0. The van der Waals surface area contributed by atoms with Gasteiger partial charge in [-0.3, -0.25) is 9.59 Å². The number of carbonyl (C=O) groups excluding carboxylic acids is 2. The molecule has 1 unspecified atom stereocenters. The number of methoxy groups -OCH3 is 1. The Bertz CT molecular complexity index is 994. The zero-order valence-electron chi connectivity index (χ0n) is 14.1. The van der Waals surface area contributed by atoms with E-state index >= 15 is 0 Å². The van der Waals surface area contributed by atoms with E-state index in [-0.39, 0.29) is 17.6 Å². The Hall–Kier alpha value is -3.41. The van der Waals surface area contributed by atoms with Crippen LogP contribution in [-0.2, 0) is 16.0 Å². The molecule has 0 spiro atoms. The molecule has 0 bridgehead atoms. The Labute approximate surface area is 149 Å². The smallest absolute Gasteiger partial charge is 0.328 e. The number of hydrogen-bond acceptors (Lipinski definition) is 5. The van der Waals surface area contributed by atoms with Crippen LogP contribution in [0.4, 0.5) is 0 Å². The van der Waals surface area contributed by atoms with E-state index < -0.39 is 17.9 Å². The first-order chi connectivity index (χ1) is 12.6. The summed E-state index contributed by atoms with van der Waals surface area (Å²) in [6.45, 7) is 0. The quantitative estimate of drug-likeness (QED) is 0.713. The van der Waals surface area contributed by atoms with Crippen molar-refractivity contribution in [1.29, 1.82) is 0 Å². The summed E-state index contributed by atoms with van der Waals surface area (Å²) in [5.74, 6) is -1.39. The summed E-state index contributed by atoms with van der Waals surface area (Å²) in [4.78, 5) is 36.7. The van der Waals surface area contributed by atoms with Crippen LogP contribution in [0.25, 0.3) is 11.0 Å². The third kappa shape index (κ3) is 3.80. The molecular formula is C20H17NO5. The van der Waals surface area contributed by atoms with Gasteiger partial charge in [-0.2, -0.15) is 0 Å². The molecule has 3 rings (SSSR count). The summed E-state index contributed by atoms with van der Waals surface area (Å²) in [6, 6.07) is 16.1. The number of nitrogens with one attached hydrogen (secondary N) is 1. The summed E-state index contributed by atoms with van der Waals surface area (Å²) in [7, 11) is 1.25. The lowest BCUT2D eigenvalue weighted by Crippen LogP contribution is -2.43. The van der Waals surface area contributed by atoms with E-state index in [4.69, 9.17) is 9.15 Å². The normalized spacial score (nSPS) is 11.7. The van der Waals surface area contributed by atoms with E-state index in [0.717, 1.165) is 11.6 Å². The topological polar surface area (TPSA) is 85.6 Å². The standard InChI is InChI=1S/C20H17NO5/c1-25-20(24)15(11-13-7-3-2-4-8-13)21-19(23)18-12-16(22)14-9-5-6-10-17(14)26-18/h2-10,12,15H,11H2,1H3,(H,21,23). The molecule has 0 saturated heterocycles. The van der Waals surface area contributed by atoms with Gasteiger partial charge < -0.3 is 14.5 Å². The summed E-state index contributed by atoms with van der Waals surface area (Å²) in [6.07, 6.45) is 0.261. The molecule has 0 radical (unpaired) electrons. The van der Waals surface area contributed by atoms with Crippen LogP contribution in [-0.4, -0.2) is 25.0 Å². The van der Waals surface area contributed by atoms with Crippen molar-refractivity contribution in [1.82, 2.24) is 5.32 Å². The maximum Gasteiger partial charge on any atom is 0.328 e. The summed E-state index contributed by atoms with van der Waals surface area (Å²) < 4.78 is 10.3. The molecular weight excluding hydrogens is 334 g/mol. The second-order valence-electron chi connectivity index (χ2n) is 5.71. The second-order valence-corrected chi connectivity index (χ2v) is 5.71. The lowest BCUT2D eigenvalue weighted by atomic mass is 10.1. The van der Waals surface area contributed by atoms with Crippen LogP contribution in [0.1, 0.15) is 16.1 Å². The molecule has 1 N–H and O–H groups in total. The van der Waals surface area contributed by atoms with Crippen LogP contribution < -0.4 is 10.7 Å². The Morgan fingerprint density at radius 1 is 1.08 bits per heavy atom. The fourth-order valence-corrected chi connectivity index (χ4v) is 2.63. The fourth-order valence-electron chi connectivity index (χ4n) is 2.63. The minimum atomic E-state index is -0.897. The average Bonchev–Trinajstić information content (AvgIpc) is 2.67. The highest BCUT2D eigenvalue weighted by Crippen LogP contribution is 2.12. The predicted molar refractivity (Wildman–Crippen MR) is 95.9 cm³/mol. The highest BCUT2D eigenvalue weighted by Gasteiger charge is 2.24. The van der Waals surface area contributed by atoms with Crippen molar-refractivity contribution in [2.24, 2.45) is 0 Å². The molecule has 1 amide bonds. The molecule has 0 aliphatic heterocycles. The molecule has 6 heteroatoms. The van der Waals surface area contributed by atoms with Crippen LogP contribution in [0.15, 0.2) is 69.9 Å². The summed E-state index contributed by atoms with van der Waals surface area (Å²) in [5, 5.41) is 2.97. The molecule has 1 aromatic heterocycles. The molecule has 0 fully saturated rings. The Kier molecular flexibility index (Phi) is 5.12. The summed E-state index contributed by atoms with van der Waals surface area (Å²) in [5.41, 5.74) is 0.848. The number of fused-ring (bicyclic) bond motifs is 1. The van der Waals surface area contributed by atoms with Crippen molar-refractivity contribution in [3.63, 3.8) is 0 Å². The maximum atomic E-state index is 12.5. The number of amides is 1. The molecule has 0 aliphatic rings. The van der Waals surface area contributed by atoms with Crippen LogP contribution in [0.2, 0.25) is 0 Å². The SMILES string of the molecule is COC(=O)C(Cc1ccccc1)NC(=O)c1cc(=O)c2ccccc2o1. The van der Waals surface area contributed by atoms with Gasteiger partial charge >= 0.3 is 5.97 Å². The molecule has 3 aromatic rings. The number of hydrogen-bond donors (Lipinski definition) is 1. The van der Waals surface area contributed by atoms with Gasteiger partial charge in [0.1, 0.15) is 11.6 Å². The van der Waals surface area contributed by atoms with Crippen molar-refractivity contribution in [3.8, 4) is 0 Å². The van der Waals surface area contributed by atoms with Crippen LogP contribution in [0.5, 0.6) is 0 Å². The molecule has 2 aromatic carbocycles. The first-order valence-corrected chi connectivity index (χ1v) is 8.04. The molecule has 26 heavy (non-hydrogen) atoms. The number of benzene rings is 2. The van der Waals surface area contributed by atoms with Gasteiger partial charge in [-0.25, -0.2) is 4.79 Å². The first-order valence-electron chi connectivity index (χ1n) is 8.04. The van der Waals surface area contributed by atoms with E-state index in [2.05, 4.69) is 5.32 Å². The van der Waals surface area contributed by atoms with E-state index in [9.17, 15) is 14.4 Å². The van der Waals surface area contributed by atoms with Crippen LogP contribution in [0.3, 0.4) is 0 Å². The maximum absolute atomic E-state index is 12.5. The van der Waals surface area contributed by atoms with Gasteiger partial charge in [0.2, 0.25) is 0 Å². The van der Waals surface area contributed by atoms with E-state index in [1.807, 2.05) is 30.3 Å². The fraction of sp³-hybridized carbons (Fsp3) is 0.150. The highest BCUT2D eigenvalue weighted by molar-refractivity contribution is 5.95. The van der Waals surface area contributed by atoms with Gasteiger partial charge in [0.15, 0.2) is 11.2 Å². The number of para-hydroxylation sites is 1. The largest absolute Gasteiger partial charge is 0.467 e. The number of esters is 1. The molecule has 0 saturated carbocycles. The molecule has 1 atom stereocenters. The van der Waals surface area contributed by atoms with Gasteiger partial charge in [-0.1, -0.05) is 42.5 Å². The third-order valence-electron chi connectivity index (χ3n) is 3.93. The Balaban J connectivity index is 1.85. The van der Waals surface area contributed by atoms with E-state index in [0.29, 0.717) is 11.0 Å². The second kappa shape index (κ2) is 7.65. The molecule has 1 heterocycles. The van der Waals surface area contributed by atoms with Crippen molar-refractivity contribution < 1.29 is 18.7 Å². The molecule has 132 valence electrons. The van der Waals surface area contributed by atoms with Crippen molar-refractivity contribution >= 4 is 22.8 Å². The monoisotopic (exact) mass is 351 g/mol. The van der Waals surface area contributed by atoms with Crippen molar-refractivity contribution in [3.05, 3.63) is 82.2 Å². The zero-order chi connectivity index (χ0) is 18.5. The minimum Gasteiger partial charge on any atom is -0.467 e. The number of ether oxygens (including phenoxy) is 1. The van der Waals surface area contributed by atoms with Crippen molar-refractivity contribution in [2.45, 2.75) is 12.5 Å². The molecule has 6 nitrogen and oxygen atoms in total. The Morgan fingerprint density at radius 2 is 1.77 bits per heavy atom. The molecule has 0 aliphatic carbocycles. The van der Waals surface area contributed by atoms with E-state index in [1.165, 1.54) is 7.11 Å². The van der Waals surface area contributed by atoms with Crippen LogP contribution in [0, 0.1) is 0 Å². The van der Waals surface area contributed by atoms with Gasteiger partial charge in [0, 0.05) is 12.5 Å². The Morgan fingerprint density at radius 3 is 2.50 bits per heavy atom. The highest BCUT2D eigenvalue weighted by atomic mass is 16.5. The number of carbonyl (C=O) groups is 2. The van der Waals surface area contributed by atoms with Crippen molar-refractivity contribution in [2.75, 3.05) is 7.11 Å². The predicted octanol–water partition coefficient (Wildman–Crippen LogP) is 2.31. The zero-order valence-corrected chi connectivity index (χ0v) is 14.1. The minimum absolute atomic E-state index is 0.157. The van der Waals surface area contributed by atoms with Crippen LogP contribution >= 0.6 is 0 Å². The van der Waals surface area contributed by atoms with Gasteiger partial charge in [-0.15, -0.1) is 0 Å². The first kappa shape index (κ1) is 17.4.